The lowest BCUT2D eigenvalue weighted by molar-refractivity contribution is -0.113. The molecule has 38 heavy (non-hydrogen) atoms. The summed E-state index contributed by atoms with van der Waals surface area (Å²) in [5, 5.41) is 14.0. The smallest absolute Gasteiger partial charge is 0.257 e. The van der Waals surface area contributed by atoms with E-state index in [1.165, 1.54) is 23.1 Å². The summed E-state index contributed by atoms with van der Waals surface area (Å²) in [6.07, 6.45) is 0. The van der Waals surface area contributed by atoms with Crippen molar-refractivity contribution in [2.75, 3.05) is 49.4 Å². The number of rotatable bonds is 12. The second-order valence-electron chi connectivity index (χ2n) is 7.62. The maximum Gasteiger partial charge on any atom is 0.257 e. The molecule has 13 heteroatoms. The monoisotopic (exact) mass is 560 g/mol. The van der Waals surface area contributed by atoms with E-state index in [4.69, 9.17) is 23.7 Å². The third-order valence-corrected chi connectivity index (χ3v) is 6.92. The summed E-state index contributed by atoms with van der Waals surface area (Å²) in [7, 11) is 0. The number of aromatic nitrogens is 2. The molecule has 0 saturated heterocycles. The Morgan fingerprint density at radius 3 is 2.29 bits per heavy atom. The van der Waals surface area contributed by atoms with Gasteiger partial charge in [0.2, 0.25) is 16.8 Å². The fraction of sp³-hybridized carbons (Fsp3) is 0.360. The van der Waals surface area contributed by atoms with E-state index in [2.05, 4.69) is 20.8 Å². The SMILES string of the molecule is CCOc1cc(C(=O)Nc2nnc(SCC(=O)Nc3ccc4c(c3)OCCO4)s2)cc(OCC)c1OCC. The summed E-state index contributed by atoms with van der Waals surface area (Å²) in [5.74, 6) is 2.04. The molecule has 0 fully saturated rings. The molecule has 0 bridgehead atoms. The highest BCUT2D eigenvalue weighted by molar-refractivity contribution is 8.01. The molecule has 2 aromatic carbocycles. The first-order chi connectivity index (χ1) is 18.5. The van der Waals surface area contributed by atoms with Gasteiger partial charge in [0, 0.05) is 17.3 Å². The van der Waals surface area contributed by atoms with Gasteiger partial charge in [0.05, 0.1) is 25.6 Å². The Hall–Kier alpha value is -3.71. The summed E-state index contributed by atoms with van der Waals surface area (Å²) < 4.78 is 28.6. The zero-order chi connectivity index (χ0) is 26.9. The van der Waals surface area contributed by atoms with Crippen molar-refractivity contribution in [3.8, 4) is 28.7 Å². The van der Waals surface area contributed by atoms with Crippen LogP contribution in [0.2, 0.25) is 0 Å². The standard InChI is InChI=1S/C25H28N4O7S2/c1-4-32-19-11-15(12-20(33-5-2)22(19)34-6-3)23(31)27-24-28-29-25(38-24)37-14-21(30)26-16-7-8-17-18(13-16)36-10-9-35-17/h7-8,11-13H,4-6,9-10,14H2,1-3H3,(H,26,30)(H,27,28,31). The average Bonchev–Trinajstić information content (AvgIpc) is 3.36. The van der Waals surface area contributed by atoms with Gasteiger partial charge < -0.3 is 29.0 Å². The number of carbonyl (C=O) groups excluding carboxylic acids is 2. The van der Waals surface area contributed by atoms with Gasteiger partial charge in [-0.3, -0.25) is 14.9 Å². The summed E-state index contributed by atoms with van der Waals surface area (Å²) in [6.45, 7) is 7.74. The number of hydrogen-bond donors (Lipinski definition) is 2. The third kappa shape index (κ3) is 6.98. The van der Waals surface area contributed by atoms with E-state index in [0.29, 0.717) is 82.5 Å². The van der Waals surface area contributed by atoms with Crippen molar-refractivity contribution in [1.29, 1.82) is 0 Å². The highest BCUT2D eigenvalue weighted by Gasteiger charge is 2.20. The quantitative estimate of drug-likeness (QED) is 0.241. The fourth-order valence-corrected chi connectivity index (χ4v) is 5.00. The minimum absolute atomic E-state index is 0.116. The molecular formula is C25H28N4O7S2. The van der Waals surface area contributed by atoms with Crippen LogP contribution in [0.4, 0.5) is 10.8 Å². The molecule has 4 rings (SSSR count). The van der Waals surface area contributed by atoms with E-state index < -0.39 is 5.91 Å². The maximum atomic E-state index is 13.0. The molecule has 11 nitrogen and oxygen atoms in total. The third-order valence-electron chi connectivity index (χ3n) is 4.95. The van der Waals surface area contributed by atoms with E-state index >= 15 is 0 Å². The van der Waals surface area contributed by atoms with Gasteiger partial charge in [-0.15, -0.1) is 10.2 Å². The first-order valence-electron chi connectivity index (χ1n) is 12.0. The average molecular weight is 561 g/mol. The van der Waals surface area contributed by atoms with Crippen molar-refractivity contribution in [2.24, 2.45) is 0 Å². The predicted octanol–water partition coefficient (Wildman–Crippen LogP) is 4.49. The van der Waals surface area contributed by atoms with Crippen molar-refractivity contribution in [2.45, 2.75) is 25.1 Å². The number of anilines is 2. The second-order valence-corrected chi connectivity index (χ2v) is 9.82. The van der Waals surface area contributed by atoms with Crippen LogP contribution in [-0.2, 0) is 4.79 Å². The zero-order valence-electron chi connectivity index (χ0n) is 21.2. The zero-order valence-corrected chi connectivity index (χ0v) is 22.8. The van der Waals surface area contributed by atoms with Crippen LogP contribution in [0.25, 0.3) is 0 Å². The van der Waals surface area contributed by atoms with Crippen LogP contribution in [-0.4, -0.2) is 60.8 Å². The van der Waals surface area contributed by atoms with Gasteiger partial charge in [0.1, 0.15) is 13.2 Å². The van der Waals surface area contributed by atoms with Crippen LogP contribution >= 0.6 is 23.1 Å². The van der Waals surface area contributed by atoms with E-state index in [1.54, 1.807) is 30.3 Å². The van der Waals surface area contributed by atoms with Crippen LogP contribution in [0.3, 0.4) is 0 Å². The van der Waals surface area contributed by atoms with Crippen molar-refractivity contribution in [1.82, 2.24) is 10.2 Å². The molecular weight excluding hydrogens is 532 g/mol. The highest BCUT2D eigenvalue weighted by atomic mass is 32.2. The Morgan fingerprint density at radius 1 is 0.921 bits per heavy atom. The first kappa shape index (κ1) is 27.3. The summed E-state index contributed by atoms with van der Waals surface area (Å²) in [6, 6.07) is 8.44. The molecule has 2 heterocycles. The van der Waals surface area contributed by atoms with Crippen LogP contribution in [0, 0.1) is 0 Å². The lowest BCUT2D eigenvalue weighted by atomic mass is 10.1. The van der Waals surface area contributed by atoms with Crippen LogP contribution in [0.5, 0.6) is 28.7 Å². The number of thioether (sulfide) groups is 1. The fourth-order valence-electron chi connectivity index (χ4n) is 3.45. The number of fused-ring (bicyclic) bond motifs is 1. The molecule has 1 aliphatic heterocycles. The van der Waals surface area contributed by atoms with Crippen LogP contribution in [0.15, 0.2) is 34.7 Å². The molecule has 0 spiro atoms. The Balaban J connectivity index is 1.35. The van der Waals surface area contributed by atoms with Crippen LogP contribution in [0.1, 0.15) is 31.1 Å². The van der Waals surface area contributed by atoms with Crippen LogP contribution < -0.4 is 34.3 Å². The van der Waals surface area contributed by atoms with Crippen molar-refractivity contribution in [3.63, 3.8) is 0 Å². The first-order valence-corrected chi connectivity index (χ1v) is 13.8. The van der Waals surface area contributed by atoms with E-state index in [9.17, 15) is 9.59 Å². The van der Waals surface area contributed by atoms with Gasteiger partial charge in [-0.2, -0.15) is 0 Å². The number of nitrogens with one attached hydrogen (secondary N) is 2. The van der Waals surface area contributed by atoms with Gasteiger partial charge in [-0.25, -0.2) is 0 Å². The molecule has 0 atom stereocenters. The van der Waals surface area contributed by atoms with E-state index in [0.717, 1.165) is 0 Å². The Bertz CT molecular complexity index is 1260. The van der Waals surface area contributed by atoms with Gasteiger partial charge in [0.15, 0.2) is 27.3 Å². The van der Waals surface area contributed by atoms with Crippen molar-refractivity contribution in [3.05, 3.63) is 35.9 Å². The number of carbonyl (C=O) groups is 2. The molecule has 0 aliphatic carbocycles. The predicted molar refractivity (Wildman–Crippen MR) is 145 cm³/mol. The van der Waals surface area contributed by atoms with Crippen molar-refractivity contribution < 1.29 is 33.3 Å². The molecule has 0 unspecified atom stereocenters. The lowest BCUT2D eigenvalue weighted by Gasteiger charge is -2.18. The minimum Gasteiger partial charge on any atom is -0.490 e. The van der Waals surface area contributed by atoms with E-state index in [-0.39, 0.29) is 11.7 Å². The number of ether oxygens (including phenoxy) is 5. The number of benzene rings is 2. The molecule has 202 valence electrons. The summed E-state index contributed by atoms with van der Waals surface area (Å²) >= 11 is 2.38. The Kier molecular flexibility index (Phi) is 9.49. The van der Waals surface area contributed by atoms with Gasteiger partial charge in [-0.1, -0.05) is 23.1 Å². The molecule has 0 saturated carbocycles. The minimum atomic E-state index is -0.404. The Morgan fingerprint density at radius 2 is 1.61 bits per heavy atom. The Labute approximate surface area is 228 Å². The molecule has 1 aliphatic rings. The summed E-state index contributed by atoms with van der Waals surface area (Å²) in [5.41, 5.74) is 0.932. The van der Waals surface area contributed by atoms with Gasteiger partial charge in [-0.05, 0) is 45.0 Å². The summed E-state index contributed by atoms with van der Waals surface area (Å²) in [4.78, 5) is 25.4. The number of nitrogens with zero attached hydrogens (tertiary/aromatic N) is 2. The molecule has 3 aromatic rings. The largest absolute Gasteiger partial charge is 0.490 e. The second kappa shape index (κ2) is 13.2. The van der Waals surface area contributed by atoms with Gasteiger partial charge >= 0.3 is 0 Å². The molecule has 2 amide bonds. The maximum absolute atomic E-state index is 13.0. The topological polar surface area (TPSA) is 130 Å². The molecule has 0 radical (unpaired) electrons. The van der Waals surface area contributed by atoms with Crippen molar-refractivity contribution >= 4 is 45.7 Å². The molecule has 2 N–H and O–H groups in total. The number of amides is 2. The molecule has 1 aromatic heterocycles. The normalized spacial score (nSPS) is 12.0. The lowest BCUT2D eigenvalue weighted by Crippen LogP contribution is -2.17. The van der Waals surface area contributed by atoms with Gasteiger partial charge in [0.25, 0.3) is 5.91 Å². The number of hydrogen-bond acceptors (Lipinski definition) is 11. The van der Waals surface area contributed by atoms with E-state index in [1.807, 2.05) is 20.8 Å². The highest BCUT2D eigenvalue weighted by Crippen LogP contribution is 2.39.